The van der Waals surface area contributed by atoms with Crippen LogP contribution in [0.25, 0.3) is 10.4 Å². The van der Waals surface area contributed by atoms with Crippen LogP contribution in [0.5, 0.6) is 0 Å². The van der Waals surface area contributed by atoms with E-state index in [-0.39, 0.29) is 5.92 Å². The van der Waals surface area contributed by atoms with Crippen LogP contribution >= 0.6 is 34.8 Å². The molecule has 7 nitrogen and oxygen atoms in total. The minimum Gasteiger partial charge on any atom is -0.448 e. The van der Waals surface area contributed by atoms with Crippen molar-refractivity contribution in [1.29, 1.82) is 5.41 Å². The van der Waals surface area contributed by atoms with Gasteiger partial charge < -0.3 is 14.2 Å². The highest BCUT2D eigenvalue weighted by Crippen LogP contribution is 2.34. The number of hydrogen-bond donors (Lipinski definition) is 1. The number of benzene rings is 1. The summed E-state index contributed by atoms with van der Waals surface area (Å²) in [5.74, 6) is -0.922. The Hall–Kier alpha value is -1.21. The molecular formula is C16H19Cl3N4O3. The lowest BCUT2D eigenvalue weighted by Gasteiger charge is -2.42. The molecule has 2 unspecified atom stereocenters. The fraction of sp³-hybridized carbons (Fsp3) is 0.562. The molecule has 0 bridgehead atoms. The lowest BCUT2D eigenvalue weighted by molar-refractivity contribution is -0.227. The second-order valence-electron chi connectivity index (χ2n) is 5.97. The van der Waals surface area contributed by atoms with Crippen LogP contribution in [0, 0.1) is 11.3 Å². The van der Waals surface area contributed by atoms with Crippen molar-refractivity contribution in [2.45, 2.75) is 48.8 Å². The Balaban J connectivity index is 2.16. The van der Waals surface area contributed by atoms with Gasteiger partial charge >= 0.3 is 0 Å². The predicted molar refractivity (Wildman–Crippen MR) is 101 cm³/mol. The quantitative estimate of drug-likeness (QED) is 0.181. The van der Waals surface area contributed by atoms with Crippen molar-refractivity contribution in [3.8, 4) is 0 Å². The molecule has 0 spiro atoms. The summed E-state index contributed by atoms with van der Waals surface area (Å²) in [6.07, 6.45) is -1.88. The fourth-order valence-corrected chi connectivity index (χ4v) is 2.84. The molecule has 1 heterocycles. The van der Waals surface area contributed by atoms with Crippen molar-refractivity contribution in [3.05, 3.63) is 46.3 Å². The Bertz CT molecular complexity index is 664. The molecule has 5 atom stereocenters. The Kier molecular flexibility index (Phi) is 7.41. The van der Waals surface area contributed by atoms with Crippen LogP contribution in [0.15, 0.2) is 35.4 Å². The Morgan fingerprint density at radius 3 is 2.54 bits per heavy atom. The average Bonchev–Trinajstić information content (AvgIpc) is 2.59. The second-order valence-corrected chi connectivity index (χ2v) is 8.25. The summed E-state index contributed by atoms with van der Waals surface area (Å²) in [6.45, 7) is 3.87. The number of ether oxygens (including phenoxy) is 3. The highest BCUT2D eigenvalue weighted by atomic mass is 35.6. The molecule has 2 rings (SSSR count). The lowest BCUT2D eigenvalue weighted by Crippen LogP contribution is -2.54. The van der Waals surface area contributed by atoms with E-state index >= 15 is 0 Å². The van der Waals surface area contributed by atoms with Gasteiger partial charge in [-0.3, -0.25) is 5.41 Å². The number of halogens is 3. The van der Waals surface area contributed by atoms with E-state index in [2.05, 4.69) is 10.0 Å². The first-order valence-electron chi connectivity index (χ1n) is 7.91. The summed E-state index contributed by atoms with van der Waals surface area (Å²) in [5, 5.41) is 11.6. The largest absolute Gasteiger partial charge is 0.448 e. The summed E-state index contributed by atoms with van der Waals surface area (Å²) in [4.78, 5) is 2.89. The van der Waals surface area contributed by atoms with Gasteiger partial charge in [-0.2, -0.15) is 0 Å². The van der Waals surface area contributed by atoms with Crippen molar-refractivity contribution in [3.63, 3.8) is 0 Å². The van der Waals surface area contributed by atoms with Gasteiger partial charge in [-0.05, 0) is 18.0 Å². The topological polar surface area (TPSA) is 100 Å². The van der Waals surface area contributed by atoms with E-state index in [0.717, 1.165) is 5.56 Å². The first-order chi connectivity index (χ1) is 12.2. The second kappa shape index (κ2) is 9.13. The number of rotatable bonds is 5. The molecule has 10 heteroatoms. The number of azide groups is 1. The number of nitrogens with one attached hydrogen (secondary N) is 1. The van der Waals surface area contributed by atoms with E-state index in [1.54, 1.807) is 13.8 Å². The average molecular weight is 422 g/mol. The molecule has 1 aromatic carbocycles. The van der Waals surface area contributed by atoms with Crippen LogP contribution in [0.4, 0.5) is 0 Å². The van der Waals surface area contributed by atoms with Crippen LogP contribution in [0.1, 0.15) is 19.4 Å². The highest BCUT2D eigenvalue weighted by molar-refractivity contribution is 6.76. The molecule has 1 fully saturated rings. The maximum Gasteiger partial charge on any atom is 0.265 e. The zero-order chi connectivity index (χ0) is 19.3. The molecular weight excluding hydrogens is 403 g/mol. The van der Waals surface area contributed by atoms with E-state index < -0.39 is 34.2 Å². The van der Waals surface area contributed by atoms with Gasteiger partial charge in [0.1, 0.15) is 0 Å². The molecule has 142 valence electrons. The normalized spacial score (nSPS) is 28.9. The smallest absolute Gasteiger partial charge is 0.265 e. The minimum absolute atomic E-state index is 0.328. The van der Waals surface area contributed by atoms with Gasteiger partial charge in [0.15, 0.2) is 0 Å². The number of nitrogens with zero attached hydrogens (tertiary/aromatic N) is 3. The third-order valence-electron chi connectivity index (χ3n) is 4.08. The summed E-state index contributed by atoms with van der Waals surface area (Å²) >= 11 is 17.0. The van der Waals surface area contributed by atoms with Gasteiger partial charge in [0, 0.05) is 10.8 Å². The van der Waals surface area contributed by atoms with Gasteiger partial charge in [-0.1, -0.05) is 77.2 Å². The molecule has 0 radical (unpaired) electrons. The molecule has 1 N–H and O–H groups in total. The Labute approximate surface area is 166 Å². The van der Waals surface area contributed by atoms with E-state index in [1.807, 2.05) is 30.3 Å². The SMILES string of the molecule is CC1OC(OC(=N)C(Cl)(Cl)Cl)[C@@H](C)[C@H](OCc2ccccc2)[C@@H]1N=[N+]=[N-]. The molecule has 26 heavy (non-hydrogen) atoms. The zero-order valence-electron chi connectivity index (χ0n) is 14.2. The summed E-state index contributed by atoms with van der Waals surface area (Å²) in [5.41, 5.74) is 9.85. The van der Waals surface area contributed by atoms with Gasteiger partial charge in [0.25, 0.3) is 3.79 Å². The van der Waals surface area contributed by atoms with Gasteiger partial charge in [-0.25, -0.2) is 0 Å². The predicted octanol–water partition coefficient (Wildman–Crippen LogP) is 5.00. The molecule has 0 saturated carbocycles. The van der Waals surface area contributed by atoms with Gasteiger partial charge in [-0.15, -0.1) is 0 Å². The lowest BCUT2D eigenvalue weighted by atomic mass is 9.91. The Morgan fingerprint density at radius 2 is 1.96 bits per heavy atom. The van der Waals surface area contributed by atoms with Gasteiger partial charge in [0.05, 0.1) is 24.9 Å². The maximum atomic E-state index is 8.87. The molecule has 1 saturated heterocycles. The molecule has 0 aliphatic carbocycles. The summed E-state index contributed by atoms with van der Waals surface area (Å²) in [7, 11) is 0. The van der Waals surface area contributed by atoms with Crippen molar-refractivity contribution in [1.82, 2.24) is 0 Å². The van der Waals surface area contributed by atoms with E-state index in [9.17, 15) is 0 Å². The van der Waals surface area contributed by atoms with E-state index in [1.165, 1.54) is 0 Å². The molecule has 1 aromatic rings. The molecule has 0 aromatic heterocycles. The number of hydrogen-bond acceptors (Lipinski definition) is 5. The molecule has 0 amide bonds. The summed E-state index contributed by atoms with van der Waals surface area (Å²) in [6, 6.07) is 9.05. The van der Waals surface area contributed by atoms with Crippen LogP contribution in [0.3, 0.4) is 0 Å². The van der Waals surface area contributed by atoms with E-state index in [0.29, 0.717) is 6.61 Å². The zero-order valence-corrected chi connectivity index (χ0v) is 16.4. The third-order valence-corrected chi connectivity index (χ3v) is 4.59. The maximum absolute atomic E-state index is 8.87. The van der Waals surface area contributed by atoms with Crippen molar-refractivity contribution < 1.29 is 14.2 Å². The standard InChI is InChI=1S/C16H19Cl3N4O3/c1-9-13(24-8-11-6-4-3-5-7-11)12(22-23-21)10(2)25-14(9)26-15(20)16(17,18)19/h3-7,9-10,12-14,20H,8H2,1-2H3/t9-,10?,12+,13-,14?/m0/s1. The van der Waals surface area contributed by atoms with Crippen molar-refractivity contribution in [2.75, 3.05) is 0 Å². The first kappa shape index (κ1) is 21.1. The van der Waals surface area contributed by atoms with Crippen LogP contribution in [-0.2, 0) is 20.8 Å². The first-order valence-corrected chi connectivity index (χ1v) is 9.05. The monoisotopic (exact) mass is 420 g/mol. The Morgan fingerprint density at radius 1 is 1.31 bits per heavy atom. The van der Waals surface area contributed by atoms with Crippen molar-refractivity contribution in [2.24, 2.45) is 11.0 Å². The number of alkyl halides is 3. The fourth-order valence-electron chi connectivity index (χ4n) is 2.70. The van der Waals surface area contributed by atoms with E-state index in [4.69, 9.17) is 60.0 Å². The van der Waals surface area contributed by atoms with Crippen molar-refractivity contribution >= 4 is 40.7 Å². The van der Waals surface area contributed by atoms with Crippen LogP contribution < -0.4 is 0 Å². The third kappa shape index (κ3) is 5.39. The van der Waals surface area contributed by atoms with Gasteiger partial charge in [0.2, 0.25) is 12.2 Å². The molecule has 1 aliphatic rings. The summed E-state index contributed by atoms with van der Waals surface area (Å²) < 4.78 is 15.2. The highest BCUT2D eigenvalue weighted by Gasteiger charge is 2.45. The molecule has 1 aliphatic heterocycles. The minimum atomic E-state index is -1.99. The van der Waals surface area contributed by atoms with Crippen LogP contribution in [0.2, 0.25) is 0 Å². The van der Waals surface area contributed by atoms with Crippen LogP contribution in [-0.4, -0.2) is 34.2 Å².